The minimum absolute atomic E-state index is 0.0131. The molecule has 0 aliphatic carbocycles. The van der Waals surface area contributed by atoms with E-state index in [-0.39, 0.29) is 17.8 Å². The Morgan fingerprint density at radius 1 is 1.26 bits per heavy atom. The zero-order chi connectivity index (χ0) is 16.4. The normalized spacial score (nSPS) is 17.3. The Morgan fingerprint density at radius 2 is 1.96 bits per heavy atom. The van der Waals surface area contributed by atoms with Gasteiger partial charge in [0.2, 0.25) is 0 Å². The van der Waals surface area contributed by atoms with Crippen molar-refractivity contribution in [3.8, 4) is 0 Å². The molecule has 3 rings (SSSR count). The van der Waals surface area contributed by atoms with Crippen molar-refractivity contribution < 1.29 is 9.18 Å². The Balaban J connectivity index is 1.62. The maximum atomic E-state index is 13.9. The highest BCUT2D eigenvalue weighted by Crippen LogP contribution is 2.24. The van der Waals surface area contributed by atoms with E-state index in [9.17, 15) is 9.18 Å². The highest BCUT2D eigenvalue weighted by molar-refractivity contribution is 7.13. The molecule has 1 aliphatic rings. The molecule has 2 aromatic rings. The van der Waals surface area contributed by atoms with Crippen LogP contribution in [0.3, 0.4) is 0 Å². The first-order chi connectivity index (χ1) is 11.1. The van der Waals surface area contributed by atoms with E-state index in [1.807, 2.05) is 30.9 Å². The van der Waals surface area contributed by atoms with Crippen LogP contribution in [0.1, 0.15) is 33.2 Å². The molecule has 1 aromatic carbocycles. The number of thiazole rings is 1. The number of aromatic nitrogens is 1. The average Bonchev–Trinajstić information content (AvgIpc) is 3.01. The number of hydrogen-bond donors (Lipinski definition) is 0. The zero-order valence-electron chi connectivity index (χ0n) is 13.3. The molecule has 4 nitrogen and oxygen atoms in total. The van der Waals surface area contributed by atoms with Gasteiger partial charge in [-0.05, 0) is 19.9 Å². The molecule has 1 aromatic heterocycles. The Hall–Kier alpha value is -1.79. The summed E-state index contributed by atoms with van der Waals surface area (Å²) in [5.74, 6) is -0.118. The van der Waals surface area contributed by atoms with Gasteiger partial charge in [-0.2, -0.15) is 0 Å². The molecule has 0 N–H and O–H groups in total. The molecule has 122 valence electrons. The molecule has 6 heteroatoms. The quantitative estimate of drug-likeness (QED) is 0.866. The van der Waals surface area contributed by atoms with E-state index < -0.39 is 0 Å². The number of halogens is 1. The summed E-state index contributed by atoms with van der Waals surface area (Å²) in [6, 6.07) is 6.91. The Morgan fingerprint density at radius 3 is 2.57 bits per heavy atom. The molecule has 1 saturated heterocycles. The smallest absolute Gasteiger partial charge is 0.265 e. The highest BCUT2D eigenvalue weighted by Gasteiger charge is 2.27. The number of aryl methyl sites for hydroxylation is 1. The average molecular weight is 333 g/mol. The van der Waals surface area contributed by atoms with Crippen molar-refractivity contribution >= 4 is 17.2 Å². The second-order valence-corrected chi connectivity index (χ2v) is 7.00. The van der Waals surface area contributed by atoms with E-state index in [4.69, 9.17) is 0 Å². The van der Waals surface area contributed by atoms with Gasteiger partial charge in [-0.25, -0.2) is 9.37 Å². The Bertz CT molecular complexity index is 695. The van der Waals surface area contributed by atoms with Crippen LogP contribution in [-0.4, -0.2) is 46.9 Å². The monoisotopic (exact) mass is 333 g/mol. The van der Waals surface area contributed by atoms with Crippen LogP contribution in [0.4, 0.5) is 4.39 Å². The molecular weight excluding hydrogens is 313 g/mol. The first-order valence-corrected chi connectivity index (χ1v) is 8.58. The topological polar surface area (TPSA) is 36.4 Å². The van der Waals surface area contributed by atoms with E-state index in [1.165, 1.54) is 17.4 Å². The van der Waals surface area contributed by atoms with Gasteiger partial charge in [-0.3, -0.25) is 9.69 Å². The van der Waals surface area contributed by atoms with Gasteiger partial charge in [0.25, 0.3) is 5.91 Å². The maximum Gasteiger partial charge on any atom is 0.265 e. The fourth-order valence-corrected chi connectivity index (χ4v) is 3.68. The second-order valence-electron chi connectivity index (χ2n) is 5.77. The predicted octanol–water partition coefficient (Wildman–Crippen LogP) is 3.11. The molecule has 1 aliphatic heterocycles. The summed E-state index contributed by atoms with van der Waals surface area (Å²) < 4.78 is 13.9. The summed E-state index contributed by atoms with van der Waals surface area (Å²) in [4.78, 5) is 21.3. The van der Waals surface area contributed by atoms with Gasteiger partial charge in [0.1, 0.15) is 10.7 Å². The summed E-state index contributed by atoms with van der Waals surface area (Å²) in [6.07, 6.45) is 1.65. The van der Waals surface area contributed by atoms with Crippen LogP contribution in [-0.2, 0) is 0 Å². The fraction of sp³-hybridized carbons (Fsp3) is 0.412. The van der Waals surface area contributed by atoms with Gasteiger partial charge in [0.15, 0.2) is 0 Å². The third-order valence-electron chi connectivity index (χ3n) is 4.34. The lowest BCUT2D eigenvalue weighted by Gasteiger charge is -2.38. The van der Waals surface area contributed by atoms with Gasteiger partial charge in [-0.1, -0.05) is 18.2 Å². The second kappa shape index (κ2) is 6.76. The SMILES string of the molecule is Cc1ncc(C(=O)N2CCN([C@H](C)c3ccccc3F)CC2)s1. The third-order valence-corrected chi connectivity index (χ3v) is 5.24. The first kappa shape index (κ1) is 16.1. The number of carbonyl (C=O) groups is 1. The number of piperazine rings is 1. The number of benzene rings is 1. The lowest BCUT2D eigenvalue weighted by molar-refractivity contribution is 0.0583. The third kappa shape index (κ3) is 3.43. The van der Waals surface area contributed by atoms with Gasteiger partial charge < -0.3 is 4.90 Å². The Kier molecular flexibility index (Phi) is 4.73. The van der Waals surface area contributed by atoms with Crippen LogP contribution >= 0.6 is 11.3 Å². The molecule has 23 heavy (non-hydrogen) atoms. The van der Waals surface area contributed by atoms with Crippen molar-refractivity contribution in [3.05, 3.63) is 51.7 Å². The van der Waals surface area contributed by atoms with Crippen LogP contribution in [0, 0.1) is 12.7 Å². The lowest BCUT2D eigenvalue weighted by Crippen LogP contribution is -2.49. The van der Waals surface area contributed by atoms with Crippen molar-refractivity contribution in [2.24, 2.45) is 0 Å². The van der Waals surface area contributed by atoms with Gasteiger partial charge in [0.05, 0.1) is 11.2 Å². The highest BCUT2D eigenvalue weighted by atomic mass is 32.1. The van der Waals surface area contributed by atoms with Gasteiger partial charge in [-0.15, -0.1) is 11.3 Å². The van der Waals surface area contributed by atoms with E-state index in [1.54, 1.807) is 12.3 Å². The molecule has 0 saturated carbocycles. The lowest BCUT2D eigenvalue weighted by atomic mass is 10.1. The molecule has 0 bridgehead atoms. The molecule has 1 atom stereocenters. The molecule has 1 amide bonds. The zero-order valence-corrected chi connectivity index (χ0v) is 14.1. The summed E-state index contributed by atoms with van der Waals surface area (Å²) >= 11 is 1.43. The summed E-state index contributed by atoms with van der Waals surface area (Å²) in [5, 5.41) is 0.903. The number of carbonyl (C=O) groups excluding carboxylic acids is 1. The molecule has 2 heterocycles. The Labute approximate surface area is 139 Å². The minimum atomic E-state index is -0.168. The van der Waals surface area contributed by atoms with Gasteiger partial charge >= 0.3 is 0 Å². The van der Waals surface area contributed by atoms with Crippen LogP contribution in [0.2, 0.25) is 0 Å². The first-order valence-electron chi connectivity index (χ1n) is 7.76. The van der Waals surface area contributed by atoms with Crippen molar-refractivity contribution in [2.45, 2.75) is 19.9 Å². The summed E-state index contributed by atoms with van der Waals surface area (Å²) in [5.41, 5.74) is 0.713. The molecular formula is C17H20FN3OS. The molecule has 0 unspecified atom stereocenters. The molecule has 0 radical (unpaired) electrons. The number of nitrogens with zero attached hydrogens (tertiary/aromatic N) is 3. The number of rotatable bonds is 3. The van der Waals surface area contributed by atoms with Crippen molar-refractivity contribution in [1.82, 2.24) is 14.8 Å². The van der Waals surface area contributed by atoms with E-state index in [2.05, 4.69) is 9.88 Å². The van der Waals surface area contributed by atoms with E-state index in [0.29, 0.717) is 23.5 Å². The van der Waals surface area contributed by atoms with Crippen LogP contribution in [0.25, 0.3) is 0 Å². The van der Waals surface area contributed by atoms with Crippen LogP contribution in [0.5, 0.6) is 0 Å². The van der Waals surface area contributed by atoms with E-state index in [0.717, 1.165) is 18.1 Å². The van der Waals surface area contributed by atoms with Gasteiger partial charge in [0, 0.05) is 37.8 Å². The van der Waals surface area contributed by atoms with Crippen LogP contribution < -0.4 is 0 Å². The molecule has 0 spiro atoms. The van der Waals surface area contributed by atoms with E-state index >= 15 is 0 Å². The van der Waals surface area contributed by atoms with Crippen LogP contribution in [0.15, 0.2) is 30.5 Å². The number of amides is 1. The largest absolute Gasteiger partial charge is 0.335 e. The van der Waals surface area contributed by atoms with Crippen molar-refractivity contribution in [3.63, 3.8) is 0 Å². The fourth-order valence-electron chi connectivity index (χ4n) is 2.94. The van der Waals surface area contributed by atoms with Crippen molar-refractivity contribution in [2.75, 3.05) is 26.2 Å². The standard InChI is InChI=1S/C17H20FN3OS/c1-12(14-5-3-4-6-15(14)18)20-7-9-21(10-8-20)17(22)16-11-19-13(2)23-16/h3-6,11-12H,7-10H2,1-2H3/t12-/m1/s1. The molecule has 1 fully saturated rings. The number of hydrogen-bond acceptors (Lipinski definition) is 4. The maximum absolute atomic E-state index is 13.9. The van der Waals surface area contributed by atoms with Crippen molar-refractivity contribution in [1.29, 1.82) is 0 Å². The summed E-state index contributed by atoms with van der Waals surface area (Å²) in [6.45, 7) is 6.74. The predicted molar refractivity (Wildman–Crippen MR) is 89.1 cm³/mol. The summed E-state index contributed by atoms with van der Waals surface area (Å²) in [7, 11) is 0. The minimum Gasteiger partial charge on any atom is -0.335 e.